The van der Waals surface area contributed by atoms with Gasteiger partial charge in [-0.1, -0.05) is 13.8 Å². The van der Waals surface area contributed by atoms with Crippen LogP contribution in [0.5, 0.6) is 0 Å². The number of thiophene rings is 1. The van der Waals surface area contributed by atoms with Crippen molar-refractivity contribution >= 4 is 17.2 Å². The molecule has 1 aliphatic rings. The summed E-state index contributed by atoms with van der Waals surface area (Å²) < 4.78 is 0. The Bertz CT molecular complexity index is 416. The fraction of sp³-hybridized carbons (Fsp3) is 0.643. The van der Waals surface area contributed by atoms with Crippen molar-refractivity contribution in [2.24, 2.45) is 5.92 Å². The van der Waals surface area contributed by atoms with Crippen molar-refractivity contribution in [3.8, 4) is 0 Å². The van der Waals surface area contributed by atoms with Crippen LogP contribution in [-0.2, 0) is 4.79 Å². The lowest BCUT2D eigenvalue weighted by Crippen LogP contribution is -2.47. The van der Waals surface area contributed by atoms with Crippen molar-refractivity contribution in [3.05, 3.63) is 22.4 Å². The smallest absolute Gasteiger partial charge is 0.238 e. The predicted octanol–water partition coefficient (Wildman–Crippen LogP) is 1.76. The molecule has 1 aromatic heterocycles. The van der Waals surface area contributed by atoms with Gasteiger partial charge in [0, 0.05) is 12.6 Å². The number of hydrogen-bond donors (Lipinski definition) is 1. The van der Waals surface area contributed by atoms with E-state index in [2.05, 4.69) is 55.0 Å². The molecule has 4 nitrogen and oxygen atoms in total. The number of carbonyl (C=O) groups excluding carboxylic acids is 1. The van der Waals surface area contributed by atoms with Crippen LogP contribution in [0.25, 0.3) is 0 Å². The quantitative estimate of drug-likeness (QED) is 0.893. The highest BCUT2D eigenvalue weighted by molar-refractivity contribution is 7.07. The summed E-state index contributed by atoms with van der Waals surface area (Å²) in [6.45, 7) is 5.71. The molecule has 0 radical (unpaired) electrons. The third kappa shape index (κ3) is 3.16. The van der Waals surface area contributed by atoms with Gasteiger partial charge in [0.2, 0.25) is 5.91 Å². The molecule has 1 fully saturated rings. The lowest BCUT2D eigenvalue weighted by Gasteiger charge is -2.36. The summed E-state index contributed by atoms with van der Waals surface area (Å²) in [5.41, 5.74) is 1.19. The minimum absolute atomic E-state index is 0.0334. The van der Waals surface area contributed by atoms with Crippen molar-refractivity contribution in [1.82, 2.24) is 15.1 Å². The van der Waals surface area contributed by atoms with Crippen LogP contribution in [0.15, 0.2) is 16.8 Å². The largest absolute Gasteiger partial charge is 0.317 e. The molecule has 1 aliphatic heterocycles. The fourth-order valence-corrected chi connectivity index (χ4v) is 3.28. The molecule has 2 unspecified atom stereocenters. The van der Waals surface area contributed by atoms with Crippen LogP contribution in [-0.4, -0.2) is 48.9 Å². The molecule has 19 heavy (non-hydrogen) atoms. The Balaban J connectivity index is 2.24. The Kier molecular flexibility index (Phi) is 4.60. The number of likely N-dealkylation sites (N-methyl/N-ethyl adjacent to an activating group) is 1. The Labute approximate surface area is 119 Å². The van der Waals surface area contributed by atoms with Gasteiger partial charge in [-0.15, -0.1) is 0 Å². The second-order valence-electron chi connectivity index (χ2n) is 5.71. The maximum Gasteiger partial charge on any atom is 0.238 e. The number of carbonyl (C=O) groups is 1. The highest BCUT2D eigenvalue weighted by Gasteiger charge is 2.38. The Morgan fingerprint density at radius 1 is 1.53 bits per heavy atom. The normalized spacial score (nSPS) is 21.7. The zero-order valence-electron chi connectivity index (χ0n) is 12.1. The van der Waals surface area contributed by atoms with E-state index in [-0.39, 0.29) is 18.1 Å². The molecule has 0 bridgehead atoms. The minimum atomic E-state index is 0.0334. The second kappa shape index (κ2) is 6.03. The standard InChI is InChI=1S/C14H23N3OS/c1-10(2)12(8-16(3)4)17-13(18)7-15-14(17)11-5-6-19-9-11/h5-6,9-10,12,14-15H,7-8H2,1-4H3. The van der Waals surface area contributed by atoms with Crippen molar-refractivity contribution in [2.75, 3.05) is 27.2 Å². The third-order valence-electron chi connectivity index (χ3n) is 3.55. The maximum atomic E-state index is 12.3. The molecule has 0 spiro atoms. The summed E-state index contributed by atoms with van der Waals surface area (Å²) in [7, 11) is 4.12. The molecule has 106 valence electrons. The first kappa shape index (κ1) is 14.5. The zero-order chi connectivity index (χ0) is 14.0. The van der Waals surface area contributed by atoms with E-state index in [1.54, 1.807) is 11.3 Å². The van der Waals surface area contributed by atoms with Crippen LogP contribution in [0.1, 0.15) is 25.6 Å². The summed E-state index contributed by atoms with van der Waals surface area (Å²) in [4.78, 5) is 16.4. The topological polar surface area (TPSA) is 35.6 Å². The number of hydrogen-bond acceptors (Lipinski definition) is 4. The SMILES string of the molecule is CC(C)C(CN(C)C)N1C(=O)CNC1c1ccsc1. The van der Waals surface area contributed by atoms with Gasteiger partial charge < -0.3 is 9.80 Å². The van der Waals surface area contributed by atoms with Crippen LogP contribution >= 0.6 is 11.3 Å². The summed E-state index contributed by atoms with van der Waals surface area (Å²) in [5, 5.41) is 7.52. The van der Waals surface area contributed by atoms with Crippen molar-refractivity contribution in [2.45, 2.75) is 26.1 Å². The first-order valence-electron chi connectivity index (χ1n) is 6.72. The molecular formula is C14H23N3OS. The first-order valence-corrected chi connectivity index (χ1v) is 7.66. The molecule has 2 heterocycles. The molecule has 0 aromatic carbocycles. The molecule has 2 atom stereocenters. The number of rotatable bonds is 5. The Hall–Kier alpha value is -0.910. The molecule has 1 saturated heterocycles. The van der Waals surface area contributed by atoms with Gasteiger partial charge in [-0.3, -0.25) is 10.1 Å². The monoisotopic (exact) mass is 281 g/mol. The van der Waals surface area contributed by atoms with E-state index in [0.29, 0.717) is 12.5 Å². The fourth-order valence-electron chi connectivity index (χ4n) is 2.60. The molecule has 0 aliphatic carbocycles. The number of nitrogens with zero attached hydrogens (tertiary/aromatic N) is 2. The lowest BCUT2D eigenvalue weighted by molar-refractivity contribution is -0.131. The first-order chi connectivity index (χ1) is 9.00. The van der Waals surface area contributed by atoms with Crippen LogP contribution in [0.2, 0.25) is 0 Å². The number of nitrogens with one attached hydrogen (secondary N) is 1. The van der Waals surface area contributed by atoms with Gasteiger partial charge in [0.15, 0.2) is 0 Å². The predicted molar refractivity (Wildman–Crippen MR) is 79.1 cm³/mol. The van der Waals surface area contributed by atoms with Gasteiger partial charge >= 0.3 is 0 Å². The van der Waals surface area contributed by atoms with Gasteiger partial charge in [-0.2, -0.15) is 11.3 Å². The molecule has 1 aromatic rings. The Morgan fingerprint density at radius 3 is 2.79 bits per heavy atom. The van der Waals surface area contributed by atoms with Crippen LogP contribution in [0, 0.1) is 5.92 Å². The van der Waals surface area contributed by atoms with Crippen LogP contribution in [0.4, 0.5) is 0 Å². The van der Waals surface area contributed by atoms with Gasteiger partial charge in [0.25, 0.3) is 0 Å². The van der Waals surface area contributed by atoms with E-state index in [1.807, 2.05) is 4.90 Å². The molecule has 1 N–H and O–H groups in total. The second-order valence-corrected chi connectivity index (χ2v) is 6.49. The van der Waals surface area contributed by atoms with Crippen LogP contribution < -0.4 is 5.32 Å². The molecular weight excluding hydrogens is 258 g/mol. The van der Waals surface area contributed by atoms with Gasteiger partial charge in [-0.05, 0) is 42.4 Å². The summed E-state index contributed by atoms with van der Waals surface area (Å²) in [6.07, 6.45) is 0.0334. The molecule has 5 heteroatoms. The minimum Gasteiger partial charge on any atom is -0.317 e. The third-order valence-corrected chi connectivity index (χ3v) is 4.25. The van der Waals surface area contributed by atoms with E-state index in [9.17, 15) is 4.79 Å². The maximum absolute atomic E-state index is 12.3. The van der Waals surface area contributed by atoms with Crippen molar-refractivity contribution in [3.63, 3.8) is 0 Å². The van der Waals surface area contributed by atoms with E-state index in [0.717, 1.165) is 6.54 Å². The van der Waals surface area contributed by atoms with E-state index in [4.69, 9.17) is 0 Å². The van der Waals surface area contributed by atoms with Gasteiger partial charge in [0.05, 0.1) is 6.54 Å². The lowest BCUT2D eigenvalue weighted by atomic mass is 10.0. The van der Waals surface area contributed by atoms with E-state index < -0.39 is 0 Å². The summed E-state index contributed by atoms with van der Waals surface area (Å²) in [5.74, 6) is 0.643. The van der Waals surface area contributed by atoms with E-state index >= 15 is 0 Å². The zero-order valence-corrected chi connectivity index (χ0v) is 12.9. The summed E-state index contributed by atoms with van der Waals surface area (Å²) >= 11 is 1.68. The van der Waals surface area contributed by atoms with Crippen molar-refractivity contribution in [1.29, 1.82) is 0 Å². The van der Waals surface area contributed by atoms with Gasteiger partial charge in [0.1, 0.15) is 6.17 Å². The average molecular weight is 281 g/mol. The average Bonchev–Trinajstić information content (AvgIpc) is 2.94. The summed E-state index contributed by atoms with van der Waals surface area (Å²) in [6, 6.07) is 2.34. The van der Waals surface area contributed by atoms with E-state index in [1.165, 1.54) is 5.56 Å². The van der Waals surface area contributed by atoms with Crippen LogP contribution in [0.3, 0.4) is 0 Å². The highest BCUT2D eigenvalue weighted by Crippen LogP contribution is 2.29. The highest BCUT2D eigenvalue weighted by atomic mass is 32.1. The molecule has 0 saturated carbocycles. The van der Waals surface area contributed by atoms with Crippen molar-refractivity contribution < 1.29 is 4.79 Å². The Morgan fingerprint density at radius 2 is 2.26 bits per heavy atom. The van der Waals surface area contributed by atoms with Gasteiger partial charge in [-0.25, -0.2) is 0 Å². The molecule has 2 rings (SSSR count). The molecule has 1 amide bonds. The number of amides is 1.